The molecule has 6 heteroatoms. The predicted octanol–water partition coefficient (Wildman–Crippen LogP) is 4.96. The van der Waals surface area contributed by atoms with Gasteiger partial charge in [0.2, 0.25) is 5.88 Å². The van der Waals surface area contributed by atoms with Crippen molar-refractivity contribution >= 4 is 11.7 Å². The van der Waals surface area contributed by atoms with E-state index in [9.17, 15) is 9.90 Å². The maximum absolute atomic E-state index is 13.5. The zero-order valence-electron chi connectivity index (χ0n) is 17.7. The highest BCUT2D eigenvalue weighted by Crippen LogP contribution is 2.49. The lowest BCUT2D eigenvalue weighted by atomic mass is 9.71. The van der Waals surface area contributed by atoms with Crippen molar-refractivity contribution in [3.05, 3.63) is 81.7 Å². The van der Waals surface area contributed by atoms with E-state index in [1.54, 1.807) is 6.07 Å². The van der Waals surface area contributed by atoms with Crippen molar-refractivity contribution in [1.82, 2.24) is 5.16 Å². The molecule has 0 unspecified atom stereocenters. The average molecular weight is 416 g/mol. The average Bonchev–Trinajstić information content (AvgIpc) is 3.13. The Bertz CT molecular complexity index is 1220. The second kappa shape index (κ2) is 7.30. The first-order valence-corrected chi connectivity index (χ1v) is 10.4. The normalized spacial score (nSPS) is 20.2. The third-order valence-electron chi connectivity index (χ3n) is 6.43. The Morgan fingerprint density at radius 2 is 1.97 bits per heavy atom. The van der Waals surface area contributed by atoms with Crippen LogP contribution in [0, 0.1) is 13.8 Å². The quantitative estimate of drug-likeness (QED) is 0.628. The summed E-state index contributed by atoms with van der Waals surface area (Å²) in [6.07, 6.45) is 1.06. The molecule has 5 rings (SSSR count). The van der Waals surface area contributed by atoms with Gasteiger partial charge in [0.05, 0.1) is 18.4 Å². The number of aromatic hydroxyl groups is 1. The molecule has 0 bridgehead atoms. The molecule has 1 aliphatic carbocycles. The van der Waals surface area contributed by atoms with E-state index >= 15 is 0 Å². The smallest absolute Gasteiger partial charge is 0.233 e. The van der Waals surface area contributed by atoms with Gasteiger partial charge in [0, 0.05) is 23.6 Å². The van der Waals surface area contributed by atoms with Gasteiger partial charge in [0.25, 0.3) is 0 Å². The number of nitrogens with one attached hydrogen (secondary N) is 1. The number of ketones is 1. The molecule has 6 nitrogen and oxygen atoms in total. The number of allylic oxidation sites excluding steroid dienone is 2. The molecule has 1 aromatic heterocycles. The Hall–Kier alpha value is -3.54. The molecule has 158 valence electrons. The summed E-state index contributed by atoms with van der Waals surface area (Å²) in [5.41, 5.74) is 6.60. The van der Waals surface area contributed by atoms with Crippen LogP contribution in [0.15, 0.2) is 58.3 Å². The van der Waals surface area contributed by atoms with Crippen LogP contribution in [0.25, 0.3) is 0 Å². The van der Waals surface area contributed by atoms with Gasteiger partial charge in [-0.2, -0.15) is 0 Å². The number of hydrogen-bond acceptors (Lipinski definition) is 6. The zero-order chi connectivity index (χ0) is 21.7. The van der Waals surface area contributed by atoms with Gasteiger partial charge in [-0.1, -0.05) is 35.5 Å². The summed E-state index contributed by atoms with van der Waals surface area (Å²) >= 11 is 0. The van der Waals surface area contributed by atoms with Gasteiger partial charge in [-0.05, 0) is 55.0 Å². The van der Waals surface area contributed by atoms with Gasteiger partial charge < -0.3 is 19.7 Å². The number of rotatable bonds is 3. The monoisotopic (exact) mass is 416 g/mol. The topological polar surface area (TPSA) is 84.6 Å². The molecule has 31 heavy (non-hydrogen) atoms. The summed E-state index contributed by atoms with van der Waals surface area (Å²) in [5.74, 6) is 1.02. The summed E-state index contributed by atoms with van der Waals surface area (Å²) in [7, 11) is 1.52. The summed E-state index contributed by atoms with van der Waals surface area (Å²) in [6.45, 7) is 3.98. The minimum absolute atomic E-state index is 0.0173. The van der Waals surface area contributed by atoms with Crippen LogP contribution in [0.1, 0.15) is 52.6 Å². The molecule has 2 heterocycles. The molecule has 3 aromatic rings. The SMILES string of the molecule is COc1cc([C@H]2CC(=O)C3=C(C2)Nc2onc(C)c2[C@@H]3c2ccccc2C)ccc1O. The van der Waals surface area contributed by atoms with E-state index in [0.717, 1.165) is 39.2 Å². The summed E-state index contributed by atoms with van der Waals surface area (Å²) in [5, 5.41) is 17.5. The molecule has 0 radical (unpaired) electrons. The Morgan fingerprint density at radius 3 is 2.74 bits per heavy atom. The minimum atomic E-state index is -0.193. The van der Waals surface area contributed by atoms with Gasteiger partial charge >= 0.3 is 0 Å². The number of fused-ring (bicyclic) bond motifs is 1. The Labute approximate surface area is 180 Å². The summed E-state index contributed by atoms with van der Waals surface area (Å²) in [6, 6.07) is 13.4. The maximum Gasteiger partial charge on any atom is 0.233 e. The predicted molar refractivity (Wildman–Crippen MR) is 117 cm³/mol. The lowest BCUT2D eigenvalue weighted by Crippen LogP contribution is -2.29. The number of phenolic OH excluding ortho intramolecular Hbond substituents is 1. The highest BCUT2D eigenvalue weighted by atomic mass is 16.5. The van der Waals surface area contributed by atoms with E-state index in [1.165, 1.54) is 7.11 Å². The summed E-state index contributed by atoms with van der Waals surface area (Å²) < 4.78 is 10.9. The van der Waals surface area contributed by atoms with Crippen LogP contribution >= 0.6 is 0 Å². The van der Waals surface area contributed by atoms with Crippen LogP contribution in [-0.4, -0.2) is 23.2 Å². The molecule has 0 fully saturated rings. The van der Waals surface area contributed by atoms with Gasteiger partial charge in [0.15, 0.2) is 17.3 Å². The van der Waals surface area contributed by atoms with Gasteiger partial charge in [-0.25, -0.2) is 0 Å². The zero-order valence-corrected chi connectivity index (χ0v) is 17.7. The van der Waals surface area contributed by atoms with Crippen LogP contribution in [0.2, 0.25) is 0 Å². The first-order chi connectivity index (χ1) is 15.0. The molecule has 2 aliphatic rings. The van der Waals surface area contributed by atoms with E-state index in [2.05, 4.69) is 29.5 Å². The van der Waals surface area contributed by atoms with Gasteiger partial charge in [0.1, 0.15) is 0 Å². The lowest BCUT2D eigenvalue weighted by molar-refractivity contribution is -0.116. The second-order valence-electron chi connectivity index (χ2n) is 8.28. The third kappa shape index (κ3) is 3.10. The van der Waals surface area contributed by atoms with E-state index < -0.39 is 0 Å². The molecule has 2 aromatic carbocycles. The molecule has 2 atom stereocenters. The van der Waals surface area contributed by atoms with E-state index in [0.29, 0.717) is 24.5 Å². The van der Waals surface area contributed by atoms with Crippen molar-refractivity contribution in [1.29, 1.82) is 0 Å². The number of hydrogen-bond donors (Lipinski definition) is 2. The number of aryl methyl sites for hydroxylation is 2. The number of carbonyl (C=O) groups is 1. The largest absolute Gasteiger partial charge is 0.504 e. The first-order valence-electron chi connectivity index (χ1n) is 10.4. The molecular weight excluding hydrogens is 392 g/mol. The van der Waals surface area contributed by atoms with Crippen LogP contribution in [0.4, 0.5) is 5.88 Å². The highest BCUT2D eigenvalue weighted by Gasteiger charge is 2.41. The number of nitrogens with zero attached hydrogens (tertiary/aromatic N) is 1. The number of Topliss-reactive ketones (excluding diaryl/α,β-unsaturated/α-hetero) is 1. The number of benzene rings is 2. The van der Waals surface area contributed by atoms with Crippen LogP contribution < -0.4 is 10.1 Å². The van der Waals surface area contributed by atoms with Gasteiger partial charge in [-0.3, -0.25) is 4.79 Å². The molecule has 2 N–H and O–H groups in total. The molecule has 1 aliphatic heterocycles. The first kappa shape index (κ1) is 19.4. The van der Waals surface area contributed by atoms with Crippen molar-refractivity contribution < 1.29 is 19.2 Å². The second-order valence-corrected chi connectivity index (χ2v) is 8.28. The number of anilines is 1. The fraction of sp³-hybridized carbons (Fsp3) is 0.280. The Balaban J connectivity index is 1.61. The fourth-order valence-electron chi connectivity index (χ4n) is 4.88. The number of phenols is 1. The van der Waals surface area contributed by atoms with Gasteiger partial charge in [-0.15, -0.1) is 0 Å². The van der Waals surface area contributed by atoms with Crippen LogP contribution in [-0.2, 0) is 4.79 Å². The molecular formula is C25H24N2O4. The van der Waals surface area contributed by atoms with Crippen LogP contribution in [0.3, 0.4) is 0 Å². The number of ether oxygens (including phenoxy) is 1. The minimum Gasteiger partial charge on any atom is -0.504 e. The Morgan fingerprint density at radius 1 is 1.16 bits per heavy atom. The number of aromatic nitrogens is 1. The van der Waals surface area contributed by atoms with Crippen molar-refractivity contribution in [2.45, 2.75) is 38.5 Å². The molecule has 0 saturated carbocycles. The maximum atomic E-state index is 13.5. The lowest BCUT2D eigenvalue weighted by Gasteiger charge is -2.35. The highest BCUT2D eigenvalue weighted by molar-refractivity contribution is 6.01. The number of methoxy groups -OCH3 is 1. The molecule has 0 amide bonds. The summed E-state index contributed by atoms with van der Waals surface area (Å²) in [4.78, 5) is 13.5. The van der Waals surface area contributed by atoms with E-state index in [1.807, 2.05) is 31.2 Å². The van der Waals surface area contributed by atoms with Crippen molar-refractivity contribution in [2.24, 2.45) is 0 Å². The molecule has 0 spiro atoms. The number of carbonyl (C=O) groups excluding carboxylic acids is 1. The van der Waals surface area contributed by atoms with E-state index in [-0.39, 0.29) is 23.4 Å². The fourth-order valence-corrected chi connectivity index (χ4v) is 4.88. The van der Waals surface area contributed by atoms with Crippen molar-refractivity contribution in [3.63, 3.8) is 0 Å². The Kier molecular flexibility index (Phi) is 4.58. The third-order valence-corrected chi connectivity index (χ3v) is 6.43. The van der Waals surface area contributed by atoms with E-state index in [4.69, 9.17) is 9.26 Å². The van der Waals surface area contributed by atoms with Crippen molar-refractivity contribution in [2.75, 3.05) is 12.4 Å². The standard InChI is InChI=1S/C25H24N2O4/c1-13-6-4-5-7-17(13)23-22-14(2)27-31-25(22)26-18-10-16(11-20(29)24(18)23)15-8-9-19(28)21(12-15)30-3/h4-9,12,16,23,26,28H,10-11H2,1-3H3/t16-,23+/m1/s1. The van der Waals surface area contributed by atoms with Crippen LogP contribution in [0.5, 0.6) is 11.5 Å². The molecule has 0 saturated heterocycles. The van der Waals surface area contributed by atoms with Crippen molar-refractivity contribution in [3.8, 4) is 11.5 Å².